The summed E-state index contributed by atoms with van der Waals surface area (Å²) < 4.78 is 5.32. The molecule has 0 fully saturated rings. The SMILES string of the molecule is CCOc1nc(N)c(C#N)c(-c2cccnc2Cl)c1C#N. The Morgan fingerprint density at radius 1 is 1.33 bits per heavy atom. The highest BCUT2D eigenvalue weighted by Gasteiger charge is 2.22. The van der Waals surface area contributed by atoms with E-state index in [2.05, 4.69) is 9.97 Å². The van der Waals surface area contributed by atoms with Crippen LogP contribution in [-0.4, -0.2) is 16.6 Å². The average molecular weight is 300 g/mol. The summed E-state index contributed by atoms with van der Waals surface area (Å²) in [5.41, 5.74) is 6.69. The van der Waals surface area contributed by atoms with E-state index in [4.69, 9.17) is 22.1 Å². The van der Waals surface area contributed by atoms with Gasteiger partial charge in [-0.2, -0.15) is 15.5 Å². The van der Waals surface area contributed by atoms with Gasteiger partial charge in [-0.1, -0.05) is 11.6 Å². The smallest absolute Gasteiger partial charge is 0.234 e. The van der Waals surface area contributed by atoms with E-state index < -0.39 is 0 Å². The van der Waals surface area contributed by atoms with Crippen LogP contribution < -0.4 is 10.5 Å². The largest absolute Gasteiger partial charge is 0.477 e. The molecule has 0 amide bonds. The number of hydrogen-bond donors (Lipinski definition) is 1. The average Bonchev–Trinajstić information content (AvgIpc) is 2.47. The first kappa shape index (κ1) is 14.6. The molecule has 0 aliphatic rings. The quantitative estimate of drug-likeness (QED) is 0.872. The summed E-state index contributed by atoms with van der Waals surface area (Å²) in [5.74, 6) is 0.0567. The molecular weight excluding hydrogens is 290 g/mol. The standard InChI is InChI=1S/C14H10ClN5O/c1-2-21-14-10(7-17)11(9(6-16)13(18)20-14)8-4-3-5-19-12(8)15/h3-5H,2H2,1H3,(H2,18,20). The second-order valence-electron chi connectivity index (χ2n) is 3.93. The molecule has 0 aliphatic carbocycles. The van der Waals surface area contributed by atoms with Crippen LogP contribution in [-0.2, 0) is 0 Å². The fourth-order valence-electron chi connectivity index (χ4n) is 1.88. The van der Waals surface area contributed by atoms with E-state index in [-0.39, 0.29) is 33.5 Å². The summed E-state index contributed by atoms with van der Waals surface area (Å²) in [6.45, 7) is 2.07. The molecule has 2 aromatic rings. The third-order valence-corrected chi connectivity index (χ3v) is 3.03. The van der Waals surface area contributed by atoms with E-state index in [1.165, 1.54) is 6.20 Å². The molecular formula is C14H10ClN5O. The second kappa shape index (κ2) is 6.08. The lowest BCUT2D eigenvalue weighted by Crippen LogP contribution is -2.06. The van der Waals surface area contributed by atoms with Crippen molar-refractivity contribution in [2.75, 3.05) is 12.3 Å². The van der Waals surface area contributed by atoms with Crippen molar-refractivity contribution in [1.82, 2.24) is 9.97 Å². The maximum Gasteiger partial charge on any atom is 0.234 e. The number of hydrogen-bond acceptors (Lipinski definition) is 6. The number of nitriles is 2. The minimum atomic E-state index is -0.0186. The number of nitrogen functional groups attached to an aromatic ring is 1. The zero-order valence-electron chi connectivity index (χ0n) is 11.1. The molecule has 0 saturated heterocycles. The predicted octanol–water partition coefficient (Wildman–Crippen LogP) is 2.52. The van der Waals surface area contributed by atoms with E-state index >= 15 is 0 Å². The van der Waals surface area contributed by atoms with Crippen molar-refractivity contribution in [3.8, 4) is 29.1 Å². The van der Waals surface area contributed by atoms with Crippen LogP contribution in [0.5, 0.6) is 5.88 Å². The first-order valence-electron chi connectivity index (χ1n) is 6.01. The lowest BCUT2D eigenvalue weighted by atomic mass is 9.97. The van der Waals surface area contributed by atoms with Crippen LogP contribution in [0.1, 0.15) is 18.1 Å². The molecule has 0 saturated carbocycles. The molecule has 2 rings (SSSR count). The molecule has 0 aliphatic heterocycles. The molecule has 0 atom stereocenters. The van der Waals surface area contributed by atoms with Crippen LogP contribution in [0.3, 0.4) is 0 Å². The van der Waals surface area contributed by atoms with Gasteiger partial charge in [0.15, 0.2) is 0 Å². The zero-order chi connectivity index (χ0) is 15.4. The number of nitrogens with two attached hydrogens (primary N) is 1. The number of halogens is 1. The lowest BCUT2D eigenvalue weighted by molar-refractivity contribution is 0.326. The van der Waals surface area contributed by atoms with Gasteiger partial charge < -0.3 is 10.5 Å². The Morgan fingerprint density at radius 3 is 2.62 bits per heavy atom. The molecule has 0 unspecified atom stereocenters. The Bertz CT molecular complexity index is 776. The molecule has 21 heavy (non-hydrogen) atoms. The van der Waals surface area contributed by atoms with Crippen molar-refractivity contribution < 1.29 is 4.74 Å². The van der Waals surface area contributed by atoms with Crippen molar-refractivity contribution in [2.45, 2.75) is 6.92 Å². The van der Waals surface area contributed by atoms with Gasteiger partial charge in [0.25, 0.3) is 0 Å². The Labute approximate surface area is 126 Å². The van der Waals surface area contributed by atoms with E-state index in [0.717, 1.165) is 0 Å². The third-order valence-electron chi connectivity index (χ3n) is 2.73. The van der Waals surface area contributed by atoms with Gasteiger partial charge in [-0.3, -0.25) is 0 Å². The minimum absolute atomic E-state index is 0.0186. The summed E-state index contributed by atoms with van der Waals surface area (Å²) in [5, 5.41) is 18.9. The molecule has 2 heterocycles. The maximum absolute atomic E-state index is 9.41. The van der Waals surface area contributed by atoms with Gasteiger partial charge in [0.2, 0.25) is 5.88 Å². The second-order valence-corrected chi connectivity index (χ2v) is 4.28. The Kier molecular flexibility index (Phi) is 4.22. The lowest BCUT2D eigenvalue weighted by Gasteiger charge is -2.13. The van der Waals surface area contributed by atoms with Gasteiger partial charge >= 0.3 is 0 Å². The molecule has 0 spiro atoms. The molecule has 2 N–H and O–H groups in total. The molecule has 0 radical (unpaired) electrons. The third kappa shape index (κ3) is 2.58. The number of anilines is 1. The molecule has 0 aromatic carbocycles. The van der Waals surface area contributed by atoms with Gasteiger partial charge in [-0.15, -0.1) is 0 Å². The Morgan fingerprint density at radius 2 is 2.05 bits per heavy atom. The van der Waals surface area contributed by atoms with Crippen LogP contribution in [0.4, 0.5) is 5.82 Å². The highest BCUT2D eigenvalue weighted by molar-refractivity contribution is 6.32. The molecule has 0 bridgehead atoms. The normalized spacial score (nSPS) is 9.71. The van der Waals surface area contributed by atoms with Crippen LogP contribution in [0, 0.1) is 22.7 Å². The monoisotopic (exact) mass is 299 g/mol. The van der Waals surface area contributed by atoms with Crippen molar-refractivity contribution >= 4 is 17.4 Å². The van der Waals surface area contributed by atoms with Crippen molar-refractivity contribution in [1.29, 1.82) is 10.5 Å². The van der Waals surface area contributed by atoms with Crippen molar-refractivity contribution in [3.63, 3.8) is 0 Å². The minimum Gasteiger partial charge on any atom is -0.477 e. The highest BCUT2D eigenvalue weighted by Crippen LogP contribution is 2.37. The fraction of sp³-hybridized carbons (Fsp3) is 0.143. The zero-order valence-corrected chi connectivity index (χ0v) is 11.8. The van der Waals surface area contributed by atoms with Crippen LogP contribution >= 0.6 is 11.6 Å². The topological polar surface area (TPSA) is 109 Å². The van der Waals surface area contributed by atoms with E-state index in [1.807, 2.05) is 12.1 Å². The summed E-state index contributed by atoms with van der Waals surface area (Å²) in [4.78, 5) is 7.92. The number of rotatable bonds is 3. The van der Waals surface area contributed by atoms with Crippen LogP contribution in [0.25, 0.3) is 11.1 Å². The number of pyridine rings is 2. The van der Waals surface area contributed by atoms with Gasteiger partial charge in [-0.05, 0) is 19.1 Å². The Hall–Kier alpha value is -2.83. The molecule has 104 valence electrons. The Balaban J connectivity index is 2.89. The first-order valence-corrected chi connectivity index (χ1v) is 6.39. The first-order chi connectivity index (χ1) is 10.1. The summed E-state index contributed by atoms with van der Waals surface area (Å²) in [6.07, 6.45) is 1.51. The predicted molar refractivity (Wildman–Crippen MR) is 77.5 cm³/mol. The van der Waals surface area contributed by atoms with Gasteiger partial charge in [0, 0.05) is 17.3 Å². The van der Waals surface area contributed by atoms with Crippen LogP contribution in [0.2, 0.25) is 5.15 Å². The fourth-order valence-corrected chi connectivity index (χ4v) is 2.09. The molecule has 7 heteroatoms. The van der Waals surface area contributed by atoms with E-state index in [9.17, 15) is 10.5 Å². The van der Waals surface area contributed by atoms with Gasteiger partial charge in [-0.25, -0.2) is 4.98 Å². The summed E-state index contributed by atoms with van der Waals surface area (Å²) in [6, 6.07) is 7.26. The van der Waals surface area contributed by atoms with E-state index in [1.54, 1.807) is 19.1 Å². The maximum atomic E-state index is 9.41. The van der Waals surface area contributed by atoms with Gasteiger partial charge in [0.05, 0.1) is 6.61 Å². The highest BCUT2D eigenvalue weighted by atomic mass is 35.5. The summed E-state index contributed by atoms with van der Waals surface area (Å²) in [7, 11) is 0. The van der Waals surface area contributed by atoms with Crippen LogP contribution in [0.15, 0.2) is 18.3 Å². The van der Waals surface area contributed by atoms with E-state index in [0.29, 0.717) is 12.2 Å². The summed E-state index contributed by atoms with van der Waals surface area (Å²) >= 11 is 6.07. The van der Waals surface area contributed by atoms with Crippen molar-refractivity contribution in [2.24, 2.45) is 0 Å². The molecule has 2 aromatic heterocycles. The van der Waals surface area contributed by atoms with Gasteiger partial charge in [0.1, 0.15) is 34.2 Å². The molecule has 6 nitrogen and oxygen atoms in total. The number of aromatic nitrogens is 2. The number of nitrogens with zero attached hydrogens (tertiary/aromatic N) is 4. The number of ether oxygens (including phenoxy) is 1. The van der Waals surface area contributed by atoms with Crippen molar-refractivity contribution in [3.05, 3.63) is 34.6 Å².